The van der Waals surface area contributed by atoms with Crippen molar-refractivity contribution in [3.05, 3.63) is 31.3 Å². The number of carboxylic acid groups (broad SMARTS) is 1. The molecule has 0 fully saturated rings. The minimum atomic E-state index is -0.794. The molecule has 0 aromatic heterocycles. The minimum Gasteiger partial charge on any atom is -0.481 e. The molecule has 0 atom stereocenters. The summed E-state index contributed by atoms with van der Waals surface area (Å²) in [7, 11) is 0. The van der Waals surface area contributed by atoms with Crippen molar-refractivity contribution in [3.63, 3.8) is 0 Å². The molecule has 0 radical (unpaired) electrons. The van der Waals surface area contributed by atoms with Gasteiger partial charge in [-0.1, -0.05) is 6.07 Å². The lowest BCUT2D eigenvalue weighted by molar-refractivity contribution is -0.136. The van der Waals surface area contributed by atoms with Gasteiger partial charge in [0.2, 0.25) is 0 Å². The Bertz CT molecular complexity index is 326. The van der Waals surface area contributed by atoms with Gasteiger partial charge in [0.15, 0.2) is 0 Å². The third-order valence-electron chi connectivity index (χ3n) is 1.63. The topological polar surface area (TPSA) is 37.3 Å². The summed E-state index contributed by atoms with van der Waals surface area (Å²) in [5.74, 6) is -0.794. The molecule has 0 aliphatic rings. The maximum atomic E-state index is 10.5. The molecule has 1 aromatic carbocycles. The van der Waals surface area contributed by atoms with Crippen LogP contribution in [0, 0.1) is 10.5 Å². The van der Waals surface area contributed by atoms with Crippen molar-refractivity contribution in [1.29, 1.82) is 0 Å². The second-order valence-electron chi connectivity index (χ2n) is 2.78. The predicted molar refractivity (Wildman–Crippen MR) is 62.9 cm³/mol. The SMILES string of the molecule is Cc1cc(CC(=O)O)cc(I)c1Br. The van der Waals surface area contributed by atoms with Crippen LogP contribution in [0.25, 0.3) is 0 Å². The summed E-state index contributed by atoms with van der Waals surface area (Å²) in [6.45, 7) is 1.96. The first-order valence-electron chi connectivity index (χ1n) is 3.67. The molecular weight excluding hydrogens is 347 g/mol. The molecule has 0 saturated carbocycles. The van der Waals surface area contributed by atoms with Gasteiger partial charge in [0.25, 0.3) is 0 Å². The fourth-order valence-corrected chi connectivity index (χ4v) is 2.13. The zero-order chi connectivity index (χ0) is 10.0. The largest absolute Gasteiger partial charge is 0.481 e. The van der Waals surface area contributed by atoms with Crippen LogP contribution in [0.4, 0.5) is 0 Å². The molecule has 2 nitrogen and oxygen atoms in total. The van der Waals surface area contributed by atoms with E-state index in [1.165, 1.54) is 0 Å². The van der Waals surface area contributed by atoms with E-state index >= 15 is 0 Å². The summed E-state index contributed by atoms with van der Waals surface area (Å²) in [6.07, 6.45) is 0.0874. The Balaban J connectivity index is 3.06. The highest BCUT2D eigenvalue weighted by molar-refractivity contribution is 14.1. The first-order valence-corrected chi connectivity index (χ1v) is 5.54. The van der Waals surface area contributed by atoms with Crippen molar-refractivity contribution in [2.24, 2.45) is 0 Å². The number of aryl methyl sites for hydroxylation is 1. The van der Waals surface area contributed by atoms with E-state index in [-0.39, 0.29) is 6.42 Å². The van der Waals surface area contributed by atoms with Crippen molar-refractivity contribution in [3.8, 4) is 0 Å². The number of hydrogen-bond donors (Lipinski definition) is 1. The van der Waals surface area contributed by atoms with Crippen molar-refractivity contribution in [2.75, 3.05) is 0 Å². The van der Waals surface area contributed by atoms with Crippen LogP contribution in [0.3, 0.4) is 0 Å². The number of benzene rings is 1. The third-order valence-corrected chi connectivity index (χ3v) is 4.27. The van der Waals surface area contributed by atoms with E-state index in [0.717, 1.165) is 19.2 Å². The lowest BCUT2D eigenvalue weighted by Gasteiger charge is -2.04. The van der Waals surface area contributed by atoms with Crippen LogP contribution in [-0.4, -0.2) is 11.1 Å². The summed E-state index contributed by atoms with van der Waals surface area (Å²) < 4.78 is 2.09. The summed E-state index contributed by atoms with van der Waals surface area (Å²) in [5.41, 5.74) is 1.92. The standard InChI is InChI=1S/C9H8BrIO2/c1-5-2-6(4-8(12)13)3-7(11)9(5)10/h2-3H,4H2,1H3,(H,12,13). The lowest BCUT2D eigenvalue weighted by atomic mass is 10.1. The molecule has 0 aliphatic heterocycles. The van der Waals surface area contributed by atoms with Gasteiger partial charge < -0.3 is 5.11 Å². The van der Waals surface area contributed by atoms with Crippen LogP contribution in [-0.2, 0) is 11.2 Å². The van der Waals surface area contributed by atoms with Gasteiger partial charge in [-0.3, -0.25) is 4.79 Å². The molecule has 0 bridgehead atoms. The Labute approximate surface area is 98.6 Å². The lowest BCUT2D eigenvalue weighted by Crippen LogP contribution is -2.01. The van der Waals surface area contributed by atoms with Crippen LogP contribution in [0.15, 0.2) is 16.6 Å². The second-order valence-corrected chi connectivity index (χ2v) is 4.73. The summed E-state index contributed by atoms with van der Waals surface area (Å²) >= 11 is 5.61. The van der Waals surface area contributed by atoms with Crippen molar-refractivity contribution < 1.29 is 9.90 Å². The van der Waals surface area contributed by atoms with Crippen LogP contribution in [0.1, 0.15) is 11.1 Å². The highest BCUT2D eigenvalue weighted by Crippen LogP contribution is 2.24. The van der Waals surface area contributed by atoms with E-state index in [2.05, 4.69) is 38.5 Å². The quantitative estimate of drug-likeness (QED) is 0.829. The van der Waals surface area contributed by atoms with Gasteiger partial charge in [0.1, 0.15) is 0 Å². The average Bonchev–Trinajstić information content (AvgIpc) is 1.98. The maximum absolute atomic E-state index is 10.5. The highest BCUT2D eigenvalue weighted by Gasteiger charge is 2.05. The molecule has 0 aliphatic carbocycles. The van der Waals surface area contributed by atoms with Gasteiger partial charge in [-0.05, 0) is 62.6 Å². The molecule has 1 N–H and O–H groups in total. The van der Waals surface area contributed by atoms with Crippen molar-refractivity contribution in [2.45, 2.75) is 13.3 Å². The van der Waals surface area contributed by atoms with Crippen LogP contribution >= 0.6 is 38.5 Å². The molecule has 70 valence electrons. The van der Waals surface area contributed by atoms with Crippen LogP contribution < -0.4 is 0 Å². The van der Waals surface area contributed by atoms with E-state index in [0.29, 0.717) is 0 Å². The van der Waals surface area contributed by atoms with E-state index in [4.69, 9.17) is 5.11 Å². The fraction of sp³-hybridized carbons (Fsp3) is 0.222. The summed E-state index contributed by atoms with van der Waals surface area (Å²) in [4.78, 5) is 10.5. The first kappa shape index (κ1) is 11.0. The first-order chi connectivity index (χ1) is 6.00. The smallest absolute Gasteiger partial charge is 0.307 e. The highest BCUT2D eigenvalue weighted by atomic mass is 127. The average molecular weight is 355 g/mol. The predicted octanol–water partition coefficient (Wildman–Crippen LogP) is 2.99. The molecule has 4 heteroatoms. The molecule has 0 unspecified atom stereocenters. The van der Waals surface area contributed by atoms with E-state index in [1.54, 1.807) is 0 Å². The molecule has 0 amide bonds. The Hall–Kier alpha value is -0.1000. The van der Waals surface area contributed by atoms with Gasteiger partial charge in [0.05, 0.1) is 6.42 Å². The zero-order valence-corrected chi connectivity index (χ0v) is 10.7. The van der Waals surface area contributed by atoms with Crippen LogP contribution in [0.5, 0.6) is 0 Å². The van der Waals surface area contributed by atoms with Gasteiger partial charge in [-0.2, -0.15) is 0 Å². The monoisotopic (exact) mass is 354 g/mol. The van der Waals surface area contributed by atoms with E-state index in [9.17, 15) is 4.79 Å². The number of hydrogen-bond acceptors (Lipinski definition) is 1. The number of carboxylic acids is 1. The fourth-order valence-electron chi connectivity index (χ4n) is 1.07. The number of aliphatic carboxylic acids is 1. The van der Waals surface area contributed by atoms with E-state index < -0.39 is 5.97 Å². The summed E-state index contributed by atoms with van der Waals surface area (Å²) in [5, 5.41) is 8.60. The molecular formula is C9H8BrIO2. The van der Waals surface area contributed by atoms with Gasteiger partial charge in [-0.15, -0.1) is 0 Å². The molecule has 13 heavy (non-hydrogen) atoms. The molecule has 1 aromatic rings. The molecule has 0 spiro atoms. The molecule has 1 rings (SSSR count). The summed E-state index contributed by atoms with van der Waals surface area (Å²) in [6, 6.07) is 3.77. The number of carbonyl (C=O) groups is 1. The van der Waals surface area contributed by atoms with Gasteiger partial charge in [-0.25, -0.2) is 0 Å². The van der Waals surface area contributed by atoms with Crippen molar-refractivity contribution >= 4 is 44.5 Å². The van der Waals surface area contributed by atoms with Crippen molar-refractivity contribution in [1.82, 2.24) is 0 Å². The van der Waals surface area contributed by atoms with Gasteiger partial charge in [0, 0.05) is 8.04 Å². The van der Waals surface area contributed by atoms with Gasteiger partial charge >= 0.3 is 5.97 Å². The van der Waals surface area contributed by atoms with E-state index in [1.807, 2.05) is 19.1 Å². The minimum absolute atomic E-state index is 0.0874. The number of halogens is 2. The maximum Gasteiger partial charge on any atom is 0.307 e. The Morgan fingerprint density at radius 3 is 2.69 bits per heavy atom. The zero-order valence-electron chi connectivity index (χ0n) is 6.97. The normalized spacial score (nSPS) is 10.1. The molecule has 0 saturated heterocycles. The number of rotatable bonds is 2. The molecule has 0 heterocycles. The van der Waals surface area contributed by atoms with Crippen LogP contribution in [0.2, 0.25) is 0 Å². The second kappa shape index (κ2) is 4.41. The Kier molecular flexibility index (Phi) is 3.73. The third kappa shape index (κ3) is 2.95. The Morgan fingerprint density at radius 2 is 2.23 bits per heavy atom. The Morgan fingerprint density at radius 1 is 1.62 bits per heavy atom.